The van der Waals surface area contributed by atoms with E-state index < -0.39 is 29.9 Å². The summed E-state index contributed by atoms with van der Waals surface area (Å²) in [4.78, 5) is 79.3. The summed E-state index contributed by atoms with van der Waals surface area (Å²) in [6.07, 6.45) is 2.98. The van der Waals surface area contributed by atoms with E-state index in [-0.39, 0.29) is 47.7 Å². The number of ketones is 2. The quantitative estimate of drug-likeness (QED) is 0.430. The van der Waals surface area contributed by atoms with Crippen LogP contribution in [0.4, 0.5) is 21.9 Å². The van der Waals surface area contributed by atoms with Gasteiger partial charge < -0.3 is 25.5 Å². The first-order chi connectivity index (χ1) is 18.2. The molecule has 3 N–H and O–H groups in total. The fourth-order valence-electron chi connectivity index (χ4n) is 4.40. The van der Waals surface area contributed by atoms with Crippen molar-refractivity contribution in [3.05, 3.63) is 54.1 Å². The number of hydrogen-bond acceptors (Lipinski definition) is 6. The van der Waals surface area contributed by atoms with Crippen LogP contribution in [0.5, 0.6) is 0 Å². The predicted molar refractivity (Wildman–Crippen MR) is 136 cm³/mol. The van der Waals surface area contributed by atoms with E-state index in [4.69, 9.17) is 5.11 Å². The first-order valence-corrected chi connectivity index (χ1v) is 12.4. The Labute approximate surface area is 217 Å². The Morgan fingerprint density at radius 2 is 1.24 bits per heavy atom. The number of amides is 4. The van der Waals surface area contributed by atoms with Crippen LogP contribution in [0.25, 0.3) is 0 Å². The van der Waals surface area contributed by atoms with Crippen LogP contribution in [0.15, 0.2) is 48.5 Å². The lowest BCUT2D eigenvalue weighted by Gasteiger charge is -2.24. The van der Waals surface area contributed by atoms with Crippen molar-refractivity contribution in [2.24, 2.45) is 11.8 Å². The second kappa shape index (κ2) is 10.1. The summed E-state index contributed by atoms with van der Waals surface area (Å²) in [6.45, 7) is -0.511. The Bertz CT molecular complexity index is 1270. The minimum Gasteiger partial charge on any atom is -0.478 e. The predicted octanol–water partition coefficient (Wildman–Crippen LogP) is 2.21. The maximum Gasteiger partial charge on any atom is 0.335 e. The van der Waals surface area contributed by atoms with Gasteiger partial charge in [0, 0.05) is 17.5 Å². The molecule has 0 saturated heterocycles. The van der Waals surface area contributed by atoms with Gasteiger partial charge in [0.15, 0.2) is 17.6 Å². The molecule has 1 aliphatic heterocycles. The number of Topliss-reactive ketones (excluding diaryl/α,β-unsaturated/α-hetero) is 2. The number of carboxylic acids is 1. The Morgan fingerprint density at radius 3 is 1.66 bits per heavy atom. The number of benzene rings is 2. The molecular weight excluding hydrogens is 492 g/mol. The second-order valence-corrected chi connectivity index (χ2v) is 9.73. The average molecular weight is 519 g/mol. The van der Waals surface area contributed by atoms with Gasteiger partial charge in [-0.3, -0.25) is 19.2 Å². The molecule has 0 radical (unpaired) electrons. The highest BCUT2D eigenvalue weighted by Crippen LogP contribution is 2.37. The molecular formula is C27H26N4O7. The number of aromatic carboxylic acids is 1. The molecule has 38 heavy (non-hydrogen) atoms. The van der Waals surface area contributed by atoms with E-state index in [0.29, 0.717) is 11.4 Å². The molecule has 2 aromatic carbocycles. The van der Waals surface area contributed by atoms with Gasteiger partial charge in [-0.2, -0.15) is 0 Å². The number of anilines is 3. The Balaban J connectivity index is 1.44. The minimum atomic E-state index is -1.69. The molecule has 0 aromatic heterocycles. The van der Waals surface area contributed by atoms with Crippen LogP contribution in [0.1, 0.15) is 36.0 Å². The van der Waals surface area contributed by atoms with Gasteiger partial charge in [0.1, 0.15) is 0 Å². The summed E-state index contributed by atoms with van der Waals surface area (Å²) in [6, 6.07) is 9.34. The molecule has 196 valence electrons. The molecule has 0 atom stereocenters. The van der Waals surface area contributed by atoms with Gasteiger partial charge in [0.25, 0.3) is 11.8 Å². The number of carbonyl (C=O) groups is 6. The highest BCUT2D eigenvalue weighted by atomic mass is 16.4. The number of nitrogens with one attached hydrogen (secondary N) is 2. The first-order valence-electron chi connectivity index (χ1n) is 12.4. The van der Waals surface area contributed by atoms with Crippen molar-refractivity contribution >= 4 is 52.4 Å². The lowest BCUT2D eigenvalue weighted by molar-refractivity contribution is -0.131. The van der Waals surface area contributed by atoms with Gasteiger partial charge in [0.2, 0.25) is 0 Å². The molecule has 2 fully saturated rings. The zero-order valence-corrected chi connectivity index (χ0v) is 20.4. The maximum absolute atomic E-state index is 13.7. The number of nitrogens with zero attached hydrogens (tertiary/aromatic N) is 2. The molecule has 1 heterocycles. The normalized spacial score (nSPS) is 17.5. The molecule has 0 unspecified atom stereocenters. The molecule has 4 amide bonds. The Hall–Kier alpha value is -4.54. The highest BCUT2D eigenvalue weighted by Gasteiger charge is 2.44. The number of hydrogen-bond donors (Lipinski definition) is 3. The summed E-state index contributed by atoms with van der Waals surface area (Å²) < 4.78 is 0. The molecule has 5 rings (SSSR count). The first kappa shape index (κ1) is 25.1. The number of urea groups is 1. The van der Waals surface area contributed by atoms with Crippen molar-refractivity contribution < 1.29 is 33.9 Å². The van der Waals surface area contributed by atoms with E-state index in [1.165, 1.54) is 34.1 Å². The molecule has 3 aliphatic rings. The van der Waals surface area contributed by atoms with Crippen molar-refractivity contribution in [1.82, 2.24) is 5.32 Å². The number of rotatable bonds is 9. The summed E-state index contributed by atoms with van der Waals surface area (Å²) in [5, 5.41) is 13.9. The molecule has 0 bridgehead atoms. The van der Waals surface area contributed by atoms with Gasteiger partial charge in [-0.25, -0.2) is 9.59 Å². The third-order valence-corrected chi connectivity index (χ3v) is 6.85. The van der Waals surface area contributed by atoms with Crippen LogP contribution in [0.3, 0.4) is 0 Å². The molecule has 2 aliphatic carbocycles. The zero-order chi connectivity index (χ0) is 27.0. The van der Waals surface area contributed by atoms with E-state index in [9.17, 15) is 28.8 Å². The SMILES string of the molecule is O=C(Nc1ccc(C(=O)O)cc1)NC1C(=O)N(CC(=O)C2CC2)c2ccccc2N(CC(=O)C2CC2)C1=O. The third kappa shape index (κ3) is 5.26. The number of carboxylic acid groups (broad SMARTS) is 1. The summed E-state index contributed by atoms with van der Waals surface area (Å²) in [5.74, 6) is -3.23. The average Bonchev–Trinajstić information content (AvgIpc) is 3.80. The Kier molecular flexibility index (Phi) is 6.66. The smallest absolute Gasteiger partial charge is 0.335 e. The van der Waals surface area contributed by atoms with E-state index in [1.807, 2.05) is 0 Å². The lowest BCUT2D eigenvalue weighted by atomic mass is 10.2. The van der Waals surface area contributed by atoms with Gasteiger partial charge in [-0.05, 0) is 62.1 Å². The molecule has 11 heteroatoms. The second-order valence-electron chi connectivity index (χ2n) is 9.73. The highest BCUT2D eigenvalue weighted by molar-refractivity contribution is 6.23. The summed E-state index contributed by atoms with van der Waals surface area (Å²) in [5.41, 5.74) is 0.899. The van der Waals surface area contributed by atoms with Gasteiger partial charge >= 0.3 is 12.0 Å². The van der Waals surface area contributed by atoms with Crippen LogP contribution in [-0.2, 0) is 19.2 Å². The molecule has 2 saturated carbocycles. The monoisotopic (exact) mass is 518 g/mol. The maximum atomic E-state index is 13.7. The van der Waals surface area contributed by atoms with Crippen molar-refractivity contribution in [1.29, 1.82) is 0 Å². The van der Waals surface area contributed by atoms with Crippen molar-refractivity contribution in [3.63, 3.8) is 0 Å². The van der Waals surface area contributed by atoms with E-state index >= 15 is 0 Å². The van der Waals surface area contributed by atoms with Crippen molar-refractivity contribution in [3.8, 4) is 0 Å². The van der Waals surface area contributed by atoms with E-state index in [1.54, 1.807) is 24.3 Å². The molecule has 2 aromatic rings. The number of para-hydroxylation sites is 2. The summed E-state index contributed by atoms with van der Waals surface area (Å²) in [7, 11) is 0. The fourth-order valence-corrected chi connectivity index (χ4v) is 4.40. The van der Waals surface area contributed by atoms with Gasteiger partial charge in [-0.1, -0.05) is 12.1 Å². The third-order valence-electron chi connectivity index (χ3n) is 6.85. The minimum absolute atomic E-state index is 0.0230. The zero-order valence-electron chi connectivity index (χ0n) is 20.4. The topological polar surface area (TPSA) is 153 Å². The summed E-state index contributed by atoms with van der Waals surface area (Å²) >= 11 is 0. The van der Waals surface area contributed by atoms with Crippen LogP contribution >= 0.6 is 0 Å². The van der Waals surface area contributed by atoms with E-state index in [0.717, 1.165) is 25.7 Å². The Morgan fingerprint density at radius 1 is 0.763 bits per heavy atom. The fraction of sp³-hybridized carbons (Fsp3) is 0.333. The molecule has 0 spiro atoms. The molecule has 11 nitrogen and oxygen atoms in total. The number of carbonyl (C=O) groups excluding carboxylic acids is 5. The van der Waals surface area contributed by atoms with Crippen LogP contribution in [0.2, 0.25) is 0 Å². The van der Waals surface area contributed by atoms with Crippen LogP contribution in [0, 0.1) is 11.8 Å². The van der Waals surface area contributed by atoms with Crippen LogP contribution in [-0.4, -0.2) is 59.6 Å². The van der Waals surface area contributed by atoms with Gasteiger partial charge in [-0.15, -0.1) is 0 Å². The lowest BCUT2D eigenvalue weighted by Crippen LogP contribution is -2.57. The largest absolute Gasteiger partial charge is 0.478 e. The van der Waals surface area contributed by atoms with E-state index in [2.05, 4.69) is 10.6 Å². The van der Waals surface area contributed by atoms with Crippen LogP contribution < -0.4 is 20.4 Å². The number of fused-ring (bicyclic) bond motifs is 1. The standard InChI is InChI=1S/C27H26N4O7/c32-21(15-5-6-15)13-30-19-3-1-2-4-20(19)31(14-22(33)16-7-8-16)25(35)23(24(30)34)29-27(38)28-18-11-9-17(10-12-18)26(36)37/h1-4,9-12,15-16,23H,5-8,13-14H2,(H,36,37)(H2,28,29,38). The van der Waals surface area contributed by atoms with Crippen molar-refractivity contribution in [2.75, 3.05) is 28.2 Å². The van der Waals surface area contributed by atoms with Crippen molar-refractivity contribution in [2.45, 2.75) is 31.7 Å². The van der Waals surface area contributed by atoms with Gasteiger partial charge in [0.05, 0.1) is 30.0 Å².